The van der Waals surface area contributed by atoms with Crippen LogP contribution in [-0.4, -0.2) is 17.5 Å². The summed E-state index contributed by atoms with van der Waals surface area (Å²) < 4.78 is 26.3. The smallest absolute Gasteiger partial charge is 0.251 e. The number of rotatable bonds is 2. The van der Waals surface area contributed by atoms with E-state index in [1.807, 2.05) is 0 Å². The third-order valence-corrected chi connectivity index (χ3v) is 2.26. The Balaban J connectivity index is 2.37. The van der Waals surface area contributed by atoms with Crippen LogP contribution in [0.15, 0.2) is 6.07 Å². The highest BCUT2D eigenvalue weighted by Gasteiger charge is 2.23. The van der Waals surface area contributed by atoms with Crippen molar-refractivity contribution in [1.82, 2.24) is 10.6 Å². The third-order valence-electron chi connectivity index (χ3n) is 2.26. The average Bonchev–Trinajstić information content (AvgIpc) is 2.33. The fourth-order valence-corrected chi connectivity index (χ4v) is 1.43. The van der Waals surface area contributed by atoms with Gasteiger partial charge in [0.25, 0.3) is 5.91 Å². The van der Waals surface area contributed by atoms with Gasteiger partial charge in [-0.05, 0) is 6.07 Å². The monoisotopic (exact) mass is 245 g/mol. The van der Waals surface area contributed by atoms with Crippen LogP contribution in [0.2, 0.25) is 0 Å². The Bertz CT molecular complexity index is 449. The second-order valence-electron chi connectivity index (χ2n) is 3.39. The molecular weight excluding hydrogens is 236 g/mol. The first-order valence-corrected chi connectivity index (χ1v) is 4.77. The summed E-state index contributed by atoms with van der Waals surface area (Å²) in [5.74, 6) is -3.81. The first-order chi connectivity index (χ1) is 8.09. The second kappa shape index (κ2) is 4.70. The Labute approximate surface area is 94.6 Å². The van der Waals surface area contributed by atoms with E-state index in [-0.39, 0.29) is 5.69 Å². The van der Waals surface area contributed by atoms with Gasteiger partial charge >= 0.3 is 0 Å². The van der Waals surface area contributed by atoms with Gasteiger partial charge in [0.2, 0.25) is 5.95 Å². The molecule has 0 radical (unpaired) electrons. The van der Waals surface area contributed by atoms with E-state index in [1.54, 1.807) is 0 Å². The molecule has 1 aromatic heterocycles. The fraction of sp³-hybridized carbons (Fsp3) is 0.333. The predicted octanol–water partition coefficient (Wildman–Crippen LogP) is 0.356. The number of pyridine rings is 1. The van der Waals surface area contributed by atoms with Crippen molar-refractivity contribution in [1.29, 1.82) is 0 Å². The average molecular weight is 245 g/mol. The van der Waals surface area contributed by atoms with Crippen molar-refractivity contribution in [3.63, 3.8) is 0 Å². The molecule has 1 amide bonds. The summed E-state index contributed by atoms with van der Waals surface area (Å²) in [6.45, 7) is 0.317. The number of primary amides is 1. The van der Waals surface area contributed by atoms with E-state index < -0.39 is 29.3 Å². The van der Waals surface area contributed by atoms with Gasteiger partial charge in [-0.1, -0.05) is 5.64 Å². The lowest BCUT2D eigenvalue weighted by Gasteiger charge is -2.22. The fourth-order valence-electron chi connectivity index (χ4n) is 1.43. The van der Waals surface area contributed by atoms with Gasteiger partial charge in [0.05, 0.1) is 17.9 Å². The maximum atomic E-state index is 13.2. The van der Waals surface area contributed by atoms with Crippen LogP contribution >= 0.6 is 0 Å². The van der Waals surface area contributed by atoms with Gasteiger partial charge in [0.15, 0.2) is 5.82 Å². The van der Waals surface area contributed by atoms with Crippen LogP contribution in [0.25, 0.3) is 0 Å². The molecule has 92 valence electrons. The topological polar surface area (TPSA) is 86.5 Å². The molecule has 17 heavy (non-hydrogen) atoms. The standard InChI is InChI=1S/C9H9F2N3O3/c10-7-4(9(12)15)3-5(13-8(7)11)6-1-2-16-14-17-6/h3,6,14H,1-2H2,(H2,12,15). The Morgan fingerprint density at radius 3 is 2.94 bits per heavy atom. The minimum Gasteiger partial charge on any atom is -0.366 e. The zero-order valence-electron chi connectivity index (χ0n) is 8.57. The summed E-state index contributed by atoms with van der Waals surface area (Å²) in [4.78, 5) is 23.9. The number of nitrogens with two attached hydrogens (primary N) is 1. The Morgan fingerprint density at radius 2 is 2.35 bits per heavy atom. The molecule has 2 heterocycles. The van der Waals surface area contributed by atoms with E-state index >= 15 is 0 Å². The molecule has 6 nitrogen and oxygen atoms in total. The number of hydrogen-bond acceptors (Lipinski definition) is 5. The van der Waals surface area contributed by atoms with Gasteiger partial charge < -0.3 is 5.73 Å². The van der Waals surface area contributed by atoms with Gasteiger partial charge in [-0.25, -0.2) is 9.37 Å². The van der Waals surface area contributed by atoms with Gasteiger partial charge in [-0.3, -0.25) is 14.5 Å². The van der Waals surface area contributed by atoms with Gasteiger partial charge in [0.1, 0.15) is 6.10 Å². The molecule has 1 fully saturated rings. The summed E-state index contributed by atoms with van der Waals surface area (Å²) in [6.07, 6.45) is -0.236. The number of carbonyl (C=O) groups excluding carboxylic acids is 1. The summed E-state index contributed by atoms with van der Waals surface area (Å²) in [5.41, 5.74) is 6.60. The molecule has 1 saturated heterocycles. The molecular formula is C9H9F2N3O3. The van der Waals surface area contributed by atoms with E-state index in [0.717, 1.165) is 6.07 Å². The molecule has 1 aliphatic heterocycles. The molecule has 1 aliphatic rings. The highest BCUT2D eigenvalue weighted by molar-refractivity contribution is 5.93. The molecule has 0 saturated carbocycles. The summed E-state index contributed by atoms with van der Waals surface area (Å²) in [6, 6.07) is 1.07. The Morgan fingerprint density at radius 1 is 1.59 bits per heavy atom. The minimum absolute atomic E-state index is 0.0773. The van der Waals surface area contributed by atoms with Crippen molar-refractivity contribution in [3.8, 4) is 0 Å². The van der Waals surface area contributed by atoms with Gasteiger partial charge in [-0.2, -0.15) is 4.39 Å². The maximum absolute atomic E-state index is 13.2. The Kier molecular flexibility index (Phi) is 3.27. The van der Waals surface area contributed by atoms with Crippen LogP contribution in [0.1, 0.15) is 28.6 Å². The maximum Gasteiger partial charge on any atom is 0.251 e. The first kappa shape index (κ1) is 11.8. The van der Waals surface area contributed by atoms with E-state index in [0.29, 0.717) is 13.0 Å². The predicted molar refractivity (Wildman–Crippen MR) is 50.2 cm³/mol. The highest BCUT2D eigenvalue weighted by Crippen LogP contribution is 2.23. The number of nitrogens with one attached hydrogen (secondary N) is 1. The molecule has 2 rings (SSSR count). The van der Waals surface area contributed by atoms with Crippen molar-refractivity contribution in [2.24, 2.45) is 5.73 Å². The normalized spacial score (nSPS) is 20.2. The molecule has 0 bridgehead atoms. The quantitative estimate of drug-likeness (QED) is 0.734. The van der Waals surface area contributed by atoms with Crippen molar-refractivity contribution < 1.29 is 23.3 Å². The molecule has 1 unspecified atom stereocenters. The molecule has 8 heteroatoms. The Hall–Kier alpha value is -1.64. The van der Waals surface area contributed by atoms with Crippen molar-refractivity contribution >= 4 is 5.91 Å². The molecule has 0 spiro atoms. The number of nitrogens with zero attached hydrogens (tertiary/aromatic N) is 1. The first-order valence-electron chi connectivity index (χ1n) is 4.77. The summed E-state index contributed by atoms with van der Waals surface area (Å²) >= 11 is 0. The summed E-state index contributed by atoms with van der Waals surface area (Å²) in [7, 11) is 0. The number of aromatic nitrogens is 1. The number of amides is 1. The van der Waals surface area contributed by atoms with Crippen LogP contribution in [-0.2, 0) is 9.68 Å². The van der Waals surface area contributed by atoms with E-state index in [9.17, 15) is 13.6 Å². The molecule has 1 aromatic rings. The molecule has 0 aromatic carbocycles. The number of halogens is 2. The zero-order valence-corrected chi connectivity index (χ0v) is 8.57. The lowest BCUT2D eigenvalue weighted by Crippen LogP contribution is -2.28. The lowest BCUT2D eigenvalue weighted by molar-refractivity contribution is -0.242. The van der Waals surface area contributed by atoms with Crippen LogP contribution in [0, 0.1) is 11.8 Å². The third kappa shape index (κ3) is 2.38. The molecule has 0 aliphatic carbocycles. The lowest BCUT2D eigenvalue weighted by atomic mass is 10.1. The number of carbonyl (C=O) groups is 1. The zero-order chi connectivity index (χ0) is 12.4. The van der Waals surface area contributed by atoms with Gasteiger partial charge in [0, 0.05) is 6.42 Å². The van der Waals surface area contributed by atoms with E-state index in [4.69, 9.17) is 15.4 Å². The van der Waals surface area contributed by atoms with Crippen molar-refractivity contribution in [2.75, 3.05) is 6.61 Å². The minimum atomic E-state index is -1.38. The van der Waals surface area contributed by atoms with E-state index in [1.165, 1.54) is 0 Å². The largest absolute Gasteiger partial charge is 0.366 e. The van der Waals surface area contributed by atoms with Crippen LogP contribution in [0.5, 0.6) is 0 Å². The van der Waals surface area contributed by atoms with E-state index in [2.05, 4.69) is 10.6 Å². The molecule has 1 atom stereocenters. The summed E-state index contributed by atoms with van der Waals surface area (Å²) in [5, 5.41) is 0. The van der Waals surface area contributed by atoms with Crippen molar-refractivity contribution in [3.05, 3.63) is 29.1 Å². The van der Waals surface area contributed by atoms with Crippen LogP contribution in [0.4, 0.5) is 8.78 Å². The van der Waals surface area contributed by atoms with Crippen molar-refractivity contribution in [2.45, 2.75) is 12.5 Å². The second-order valence-corrected chi connectivity index (χ2v) is 3.39. The highest BCUT2D eigenvalue weighted by atomic mass is 19.2. The SMILES string of the molecule is NC(=O)c1cc(C2CCONO2)nc(F)c1F. The van der Waals surface area contributed by atoms with Gasteiger partial charge in [-0.15, -0.1) is 0 Å². The van der Waals surface area contributed by atoms with Crippen LogP contribution < -0.4 is 11.4 Å². The number of hydrogen-bond donors (Lipinski definition) is 2. The molecule has 3 N–H and O–H groups in total. The van der Waals surface area contributed by atoms with Crippen LogP contribution in [0.3, 0.4) is 0 Å².